The lowest BCUT2D eigenvalue weighted by atomic mass is 10.2. The van der Waals surface area contributed by atoms with Crippen LogP contribution in [0.15, 0.2) is 30.3 Å². The zero-order chi connectivity index (χ0) is 10.2. The van der Waals surface area contributed by atoms with E-state index in [1.165, 1.54) is 5.56 Å². The molecule has 14 heavy (non-hydrogen) atoms. The fourth-order valence-electron chi connectivity index (χ4n) is 1.25. The number of thioether (sulfide) groups is 1. The first-order chi connectivity index (χ1) is 6.79. The van der Waals surface area contributed by atoms with Crippen molar-refractivity contribution in [2.24, 2.45) is 0 Å². The number of benzene rings is 1. The van der Waals surface area contributed by atoms with E-state index < -0.39 is 0 Å². The predicted octanol–water partition coefficient (Wildman–Crippen LogP) is 3.08. The molecule has 0 heterocycles. The van der Waals surface area contributed by atoms with Gasteiger partial charge in [-0.1, -0.05) is 30.3 Å². The Morgan fingerprint density at radius 2 is 2.00 bits per heavy atom. The number of aliphatic hydroxyl groups is 1. The van der Waals surface area contributed by atoms with Gasteiger partial charge in [0, 0.05) is 5.75 Å². The summed E-state index contributed by atoms with van der Waals surface area (Å²) in [5.74, 6) is 2.22. The minimum Gasteiger partial charge on any atom is -0.393 e. The standard InChI is InChI=1S/C12H18OS/c1-11(13)6-5-9-14-10-12-7-3-2-4-8-12/h2-4,7-8,11,13H,5-6,9-10H2,1H3. The van der Waals surface area contributed by atoms with Crippen molar-refractivity contribution in [2.45, 2.75) is 31.6 Å². The van der Waals surface area contributed by atoms with Crippen molar-refractivity contribution >= 4 is 11.8 Å². The van der Waals surface area contributed by atoms with Gasteiger partial charge in [0.15, 0.2) is 0 Å². The molecule has 1 atom stereocenters. The van der Waals surface area contributed by atoms with Crippen LogP contribution in [0.3, 0.4) is 0 Å². The number of hydrogen-bond donors (Lipinski definition) is 1. The minimum atomic E-state index is -0.146. The van der Waals surface area contributed by atoms with Gasteiger partial charge in [0.05, 0.1) is 6.10 Å². The van der Waals surface area contributed by atoms with Crippen LogP contribution >= 0.6 is 11.8 Å². The second kappa shape index (κ2) is 6.91. The maximum Gasteiger partial charge on any atom is 0.0512 e. The van der Waals surface area contributed by atoms with Crippen LogP contribution in [0.1, 0.15) is 25.3 Å². The van der Waals surface area contributed by atoms with E-state index in [9.17, 15) is 0 Å². The smallest absolute Gasteiger partial charge is 0.0512 e. The van der Waals surface area contributed by atoms with E-state index in [0.717, 1.165) is 24.3 Å². The Morgan fingerprint density at radius 3 is 2.64 bits per heavy atom. The summed E-state index contributed by atoms with van der Waals surface area (Å²) >= 11 is 1.94. The molecule has 0 aliphatic rings. The van der Waals surface area contributed by atoms with Gasteiger partial charge in [0.1, 0.15) is 0 Å². The Hall–Kier alpha value is -0.470. The first-order valence-corrected chi connectivity index (χ1v) is 6.24. The molecule has 0 saturated carbocycles. The molecule has 0 radical (unpaired) electrons. The van der Waals surface area contributed by atoms with Crippen molar-refractivity contribution in [1.29, 1.82) is 0 Å². The SMILES string of the molecule is CC(O)CCCSCc1ccccc1. The van der Waals surface area contributed by atoms with E-state index in [1.54, 1.807) is 0 Å². The van der Waals surface area contributed by atoms with E-state index in [-0.39, 0.29) is 6.10 Å². The second-order valence-electron chi connectivity index (χ2n) is 3.53. The maximum atomic E-state index is 9.06. The molecule has 0 amide bonds. The second-order valence-corrected chi connectivity index (χ2v) is 4.63. The molecule has 0 fully saturated rings. The highest BCUT2D eigenvalue weighted by molar-refractivity contribution is 7.98. The molecule has 1 nitrogen and oxygen atoms in total. The minimum absolute atomic E-state index is 0.146. The monoisotopic (exact) mass is 210 g/mol. The van der Waals surface area contributed by atoms with E-state index in [2.05, 4.69) is 24.3 Å². The normalized spacial score (nSPS) is 12.7. The van der Waals surface area contributed by atoms with Crippen molar-refractivity contribution in [2.75, 3.05) is 5.75 Å². The molecular formula is C12H18OS. The van der Waals surface area contributed by atoms with Gasteiger partial charge in [0.25, 0.3) is 0 Å². The maximum absolute atomic E-state index is 9.06. The summed E-state index contributed by atoms with van der Waals surface area (Å²) in [5, 5.41) is 9.06. The summed E-state index contributed by atoms with van der Waals surface area (Å²) in [6.07, 6.45) is 1.88. The Bertz CT molecular complexity index is 233. The molecule has 0 aliphatic heterocycles. The van der Waals surface area contributed by atoms with Crippen LogP contribution in [0.5, 0.6) is 0 Å². The van der Waals surface area contributed by atoms with Gasteiger partial charge in [-0.25, -0.2) is 0 Å². The topological polar surface area (TPSA) is 20.2 Å². The zero-order valence-electron chi connectivity index (χ0n) is 8.65. The number of hydrogen-bond acceptors (Lipinski definition) is 2. The van der Waals surface area contributed by atoms with Crippen molar-refractivity contribution in [1.82, 2.24) is 0 Å². The van der Waals surface area contributed by atoms with Crippen molar-refractivity contribution in [3.8, 4) is 0 Å². The van der Waals surface area contributed by atoms with E-state index in [0.29, 0.717) is 0 Å². The van der Waals surface area contributed by atoms with Crippen molar-refractivity contribution in [3.63, 3.8) is 0 Å². The van der Waals surface area contributed by atoms with Crippen LogP contribution in [0.2, 0.25) is 0 Å². The van der Waals surface area contributed by atoms with E-state index in [1.807, 2.05) is 24.8 Å². The Labute approximate surface area is 90.5 Å². The molecular weight excluding hydrogens is 192 g/mol. The number of aliphatic hydroxyl groups excluding tert-OH is 1. The van der Waals surface area contributed by atoms with Crippen LogP contribution in [0.25, 0.3) is 0 Å². The molecule has 0 aliphatic carbocycles. The van der Waals surface area contributed by atoms with E-state index in [4.69, 9.17) is 5.11 Å². The quantitative estimate of drug-likeness (QED) is 0.728. The average molecular weight is 210 g/mol. The molecule has 0 bridgehead atoms. The van der Waals surface area contributed by atoms with E-state index >= 15 is 0 Å². The summed E-state index contributed by atoms with van der Waals surface area (Å²) in [5.41, 5.74) is 1.38. The first kappa shape index (κ1) is 11.6. The Balaban J connectivity index is 2.05. The van der Waals surface area contributed by atoms with Crippen LogP contribution in [-0.2, 0) is 5.75 Å². The number of rotatable bonds is 6. The third-order valence-electron chi connectivity index (χ3n) is 2.02. The summed E-state index contributed by atoms with van der Waals surface area (Å²) in [6, 6.07) is 10.5. The highest BCUT2D eigenvalue weighted by atomic mass is 32.2. The van der Waals surface area contributed by atoms with Gasteiger partial charge in [-0.2, -0.15) is 11.8 Å². The van der Waals surface area contributed by atoms with Crippen LogP contribution < -0.4 is 0 Å². The first-order valence-electron chi connectivity index (χ1n) is 5.09. The van der Waals surface area contributed by atoms with Gasteiger partial charge < -0.3 is 5.11 Å². The Kier molecular flexibility index (Phi) is 5.72. The van der Waals surface area contributed by atoms with Crippen molar-refractivity contribution in [3.05, 3.63) is 35.9 Å². The molecule has 0 spiro atoms. The average Bonchev–Trinajstić information content (AvgIpc) is 2.18. The predicted molar refractivity (Wildman–Crippen MR) is 63.5 cm³/mol. The molecule has 1 aromatic rings. The lowest BCUT2D eigenvalue weighted by Gasteiger charge is -2.03. The van der Waals surface area contributed by atoms with Crippen LogP contribution in [0, 0.1) is 0 Å². The molecule has 1 N–H and O–H groups in total. The molecule has 2 heteroatoms. The fraction of sp³-hybridized carbons (Fsp3) is 0.500. The highest BCUT2D eigenvalue weighted by Crippen LogP contribution is 2.13. The highest BCUT2D eigenvalue weighted by Gasteiger charge is 1.96. The molecule has 0 saturated heterocycles. The molecule has 1 rings (SSSR count). The molecule has 78 valence electrons. The van der Waals surface area contributed by atoms with Crippen molar-refractivity contribution < 1.29 is 5.11 Å². The summed E-state index contributed by atoms with van der Waals surface area (Å²) in [7, 11) is 0. The lowest BCUT2D eigenvalue weighted by Crippen LogP contribution is -1.99. The third-order valence-corrected chi connectivity index (χ3v) is 3.14. The van der Waals surface area contributed by atoms with Gasteiger partial charge in [-0.3, -0.25) is 0 Å². The zero-order valence-corrected chi connectivity index (χ0v) is 9.46. The molecule has 1 unspecified atom stereocenters. The van der Waals surface area contributed by atoms with Gasteiger partial charge in [-0.15, -0.1) is 0 Å². The summed E-state index contributed by atoms with van der Waals surface area (Å²) in [4.78, 5) is 0. The summed E-state index contributed by atoms with van der Waals surface area (Å²) < 4.78 is 0. The third kappa shape index (κ3) is 5.30. The van der Waals surface area contributed by atoms with Gasteiger partial charge in [0.2, 0.25) is 0 Å². The lowest BCUT2D eigenvalue weighted by molar-refractivity contribution is 0.184. The molecule has 1 aromatic carbocycles. The summed E-state index contributed by atoms with van der Waals surface area (Å²) in [6.45, 7) is 1.85. The fourth-order valence-corrected chi connectivity index (χ4v) is 2.19. The molecule has 0 aromatic heterocycles. The van der Waals surface area contributed by atoms with Gasteiger partial charge in [-0.05, 0) is 31.1 Å². The van der Waals surface area contributed by atoms with Crippen LogP contribution in [-0.4, -0.2) is 17.0 Å². The van der Waals surface area contributed by atoms with Gasteiger partial charge >= 0.3 is 0 Å². The largest absolute Gasteiger partial charge is 0.393 e. The van der Waals surface area contributed by atoms with Crippen LogP contribution in [0.4, 0.5) is 0 Å². The Morgan fingerprint density at radius 1 is 1.29 bits per heavy atom.